The fourth-order valence-electron chi connectivity index (χ4n) is 3.85. The number of hydrogen-bond donors (Lipinski definition) is 0. The van der Waals surface area contributed by atoms with Crippen LogP contribution in [-0.2, 0) is 16.1 Å². The van der Waals surface area contributed by atoms with Crippen LogP contribution in [0.15, 0.2) is 41.5 Å². The average molecular weight is 469 g/mol. The second kappa shape index (κ2) is 8.97. The third-order valence-electron chi connectivity index (χ3n) is 5.54. The number of fused-ring (bicyclic) bond motifs is 1. The quantitative estimate of drug-likeness (QED) is 0.587. The first-order chi connectivity index (χ1) is 15.6. The predicted octanol–water partition coefficient (Wildman–Crippen LogP) is 3.51. The van der Waals surface area contributed by atoms with Crippen molar-refractivity contribution in [3.8, 4) is 10.4 Å². The molecule has 174 valence electrons. The molecular weight excluding hydrogens is 440 g/mol. The van der Waals surface area contributed by atoms with Crippen LogP contribution < -0.4 is 5.56 Å². The number of carbonyl (C=O) groups excluding carboxylic acids is 2. The minimum absolute atomic E-state index is 0.0792. The van der Waals surface area contributed by atoms with Crippen molar-refractivity contribution < 1.29 is 14.3 Å². The van der Waals surface area contributed by atoms with E-state index in [1.165, 1.54) is 22.2 Å². The van der Waals surface area contributed by atoms with Crippen LogP contribution in [0.1, 0.15) is 26.3 Å². The molecule has 4 rings (SSSR count). The van der Waals surface area contributed by atoms with E-state index < -0.39 is 5.60 Å². The minimum atomic E-state index is -0.559. The Labute approximate surface area is 196 Å². The van der Waals surface area contributed by atoms with E-state index in [-0.39, 0.29) is 24.1 Å². The van der Waals surface area contributed by atoms with Crippen molar-refractivity contribution in [2.75, 3.05) is 26.2 Å². The molecule has 0 unspecified atom stereocenters. The number of carbonyl (C=O) groups is 2. The summed E-state index contributed by atoms with van der Waals surface area (Å²) in [5.41, 5.74) is 1.16. The molecule has 0 spiro atoms. The summed E-state index contributed by atoms with van der Waals surface area (Å²) in [6.45, 7) is 8.92. The molecule has 3 aromatic rings. The molecule has 1 aliphatic rings. The molecule has 9 heteroatoms. The first-order valence-corrected chi connectivity index (χ1v) is 11.8. The summed E-state index contributed by atoms with van der Waals surface area (Å²) in [6, 6.07) is 9.90. The van der Waals surface area contributed by atoms with Crippen molar-refractivity contribution in [1.29, 1.82) is 0 Å². The molecule has 2 aromatic heterocycles. The number of amides is 2. The van der Waals surface area contributed by atoms with Gasteiger partial charge in [-0.2, -0.15) is 0 Å². The molecule has 0 saturated carbocycles. The van der Waals surface area contributed by atoms with Gasteiger partial charge >= 0.3 is 6.09 Å². The molecule has 8 nitrogen and oxygen atoms in total. The number of aromatic nitrogens is 2. The van der Waals surface area contributed by atoms with E-state index in [0.29, 0.717) is 36.4 Å². The van der Waals surface area contributed by atoms with Gasteiger partial charge in [-0.1, -0.05) is 30.3 Å². The third-order valence-corrected chi connectivity index (χ3v) is 6.79. The van der Waals surface area contributed by atoms with Gasteiger partial charge in [0, 0.05) is 31.1 Å². The van der Waals surface area contributed by atoms with Crippen molar-refractivity contribution >= 4 is 33.6 Å². The molecule has 1 saturated heterocycles. The number of rotatable bonds is 3. The van der Waals surface area contributed by atoms with Gasteiger partial charge in [-0.25, -0.2) is 9.78 Å². The molecule has 0 radical (unpaired) electrons. The Kier molecular flexibility index (Phi) is 6.25. The fourth-order valence-corrected chi connectivity index (χ4v) is 4.99. The second-order valence-corrected chi connectivity index (χ2v) is 10.1. The van der Waals surface area contributed by atoms with Gasteiger partial charge in [-0.3, -0.25) is 14.2 Å². The molecule has 0 N–H and O–H groups in total. The van der Waals surface area contributed by atoms with Crippen molar-refractivity contribution in [2.24, 2.45) is 0 Å². The number of aryl methyl sites for hydroxylation is 1. The van der Waals surface area contributed by atoms with Crippen molar-refractivity contribution in [1.82, 2.24) is 19.4 Å². The zero-order valence-corrected chi connectivity index (χ0v) is 20.1. The maximum Gasteiger partial charge on any atom is 0.410 e. The molecule has 0 aliphatic carbocycles. The van der Waals surface area contributed by atoms with E-state index in [2.05, 4.69) is 4.98 Å². The fraction of sp³-hybridized carbons (Fsp3) is 0.417. The van der Waals surface area contributed by atoms with Crippen LogP contribution in [0.4, 0.5) is 4.79 Å². The van der Waals surface area contributed by atoms with Gasteiger partial charge in [0.05, 0.1) is 11.7 Å². The zero-order valence-electron chi connectivity index (χ0n) is 19.3. The maximum atomic E-state index is 13.2. The van der Waals surface area contributed by atoms with Crippen LogP contribution in [0.2, 0.25) is 0 Å². The van der Waals surface area contributed by atoms with E-state index >= 15 is 0 Å². The minimum Gasteiger partial charge on any atom is -0.444 e. The lowest BCUT2D eigenvalue weighted by Crippen LogP contribution is -2.52. The second-order valence-electron chi connectivity index (χ2n) is 9.13. The van der Waals surface area contributed by atoms with Crippen molar-refractivity contribution in [3.63, 3.8) is 0 Å². The highest BCUT2D eigenvalue weighted by Gasteiger charge is 2.28. The molecule has 1 aliphatic heterocycles. The lowest BCUT2D eigenvalue weighted by Gasteiger charge is -2.35. The Morgan fingerprint density at radius 1 is 1.06 bits per heavy atom. The Bertz CT molecular complexity index is 1240. The molecule has 2 amide bonds. The largest absolute Gasteiger partial charge is 0.444 e. The van der Waals surface area contributed by atoms with E-state index in [1.807, 2.05) is 58.0 Å². The van der Waals surface area contributed by atoms with Gasteiger partial charge < -0.3 is 14.5 Å². The number of nitrogens with zero attached hydrogens (tertiary/aromatic N) is 4. The van der Waals surface area contributed by atoms with Crippen LogP contribution >= 0.6 is 11.3 Å². The predicted molar refractivity (Wildman–Crippen MR) is 128 cm³/mol. The molecule has 1 aromatic carbocycles. The van der Waals surface area contributed by atoms with Gasteiger partial charge in [0.2, 0.25) is 5.91 Å². The van der Waals surface area contributed by atoms with Gasteiger partial charge in [-0.05, 0) is 38.8 Å². The number of thiophene rings is 1. The topological polar surface area (TPSA) is 84.7 Å². The van der Waals surface area contributed by atoms with E-state index in [1.54, 1.807) is 9.80 Å². The lowest BCUT2D eigenvalue weighted by molar-refractivity contribution is -0.133. The standard InChI is InChI=1S/C24H28N4O4S/c1-16-19-21(33-20(16)17-8-6-5-7-9-17)25-15-28(22(19)30)14-18(29)26-10-12-27(13-11-26)23(31)32-24(2,3)4/h5-9,15H,10-14H2,1-4H3. The highest BCUT2D eigenvalue weighted by atomic mass is 32.1. The summed E-state index contributed by atoms with van der Waals surface area (Å²) in [5, 5.41) is 0.559. The Balaban J connectivity index is 1.47. The van der Waals surface area contributed by atoms with Crippen molar-refractivity contribution in [2.45, 2.75) is 39.8 Å². The Hall–Kier alpha value is -3.20. The summed E-state index contributed by atoms with van der Waals surface area (Å²) in [6.07, 6.45) is 1.08. The molecule has 0 atom stereocenters. The highest BCUT2D eigenvalue weighted by Crippen LogP contribution is 2.35. The Morgan fingerprint density at radius 3 is 2.33 bits per heavy atom. The van der Waals surface area contributed by atoms with Gasteiger partial charge in [0.1, 0.15) is 17.0 Å². The number of hydrogen-bond acceptors (Lipinski definition) is 6. The summed E-state index contributed by atoms with van der Waals surface area (Å²) in [4.78, 5) is 47.7. The van der Waals surface area contributed by atoms with Crippen LogP contribution in [0.5, 0.6) is 0 Å². The summed E-state index contributed by atoms with van der Waals surface area (Å²) < 4.78 is 6.78. The van der Waals surface area contributed by atoms with E-state index in [9.17, 15) is 14.4 Å². The summed E-state index contributed by atoms with van der Waals surface area (Å²) in [5.74, 6) is -0.168. The van der Waals surface area contributed by atoms with E-state index in [0.717, 1.165) is 16.0 Å². The van der Waals surface area contributed by atoms with Crippen LogP contribution in [0.25, 0.3) is 20.7 Å². The molecule has 0 bridgehead atoms. The van der Waals surface area contributed by atoms with Gasteiger partial charge in [0.15, 0.2) is 0 Å². The summed E-state index contributed by atoms with van der Waals surface area (Å²) >= 11 is 1.48. The molecule has 1 fully saturated rings. The Morgan fingerprint density at radius 2 is 1.70 bits per heavy atom. The smallest absolute Gasteiger partial charge is 0.410 e. The highest BCUT2D eigenvalue weighted by molar-refractivity contribution is 7.22. The van der Waals surface area contributed by atoms with Crippen LogP contribution in [-0.4, -0.2) is 63.1 Å². The first-order valence-electron chi connectivity index (χ1n) is 10.9. The van der Waals surface area contributed by atoms with Crippen LogP contribution in [0.3, 0.4) is 0 Å². The van der Waals surface area contributed by atoms with Crippen LogP contribution in [0, 0.1) is 6.92 Å². The maximum absolute atomic E-state index is 13.2. The van der Waals surface area contributed by atoms with E-state index in [4.69, 9.17) is 4.74 Å². The SMILES string of the molecule is Cc1c(-c2ccccc2)sc2ncn(CC(=O)N3CCN(C(=O)OC(C)(C)C)CC3)c(=O)c12. The van der Waals surface area contributed by atoms with Gasteiger partial charge in [-0.15, -0.1) is 11.3 Å². The normalized spacial score (nSPS) is 14.5. The van der Waals surface area contributed by atoms with Crippen molar-refractivity contribution in [3.05, 3.63) is 52.6 Å². The molecule has 33 heavy (non-hydrogen) atoms. The number of benzene rings is 1. The molecule has 3 heterocycles. The zero-order chi connectivity index (χ0) is 23.8. The third kappa shape index (κ3) is 4.93. The van der Waals surface area contributed by atoms with Gasteiger partial charge in [0.25, 0.3) is 5.56 Å². The molecular formula is C24H28N4O4S. The average Bonchev–Trinajstić information content (AvgIpc) is 3.12. The number of ether oxygens (including phenoxy) is 1. The first kappa shape index (κ1) is 23.0. The summed E-state index contributed by atoms with van der Waals surface area (Å²) in [7, 11) is 0. The lowest BCUT2D eigenvalue weighted by atomic mass is 10.1. The number of piperazine rings is 1. The monoisotopic (exact) mass is 468 g/mol.